The average molecular weight is 443 g/mol. The van der Waals surface area contributed by atoms with Crippen molar-refractivity contribution < 1.29 is 4.79 Å². The van der Waals surface area contributed by atoms with Gasteiger partial charge in [0.15, 0.2) is 0 Å². The first kappa shape index (κ1) is 21.3. The van der Waals surface area contributed by atoms with Crippen molar-refractivity contribution in [1.82, 2.24) is 24.8 Å². The summed E-state index contributed by atoms with van der Waals surface area (Å²) in [6, 6.07) is 5.63. The number of aromatic amines is 1. The van der Waals surface area contributed by atoms with Crippen LogP contribution in [0.15, 0.2) is 27.8 Å². The number of nitrogens with zero attached hydrogens (tertiary/aromatic N) is 4. The van der Waals surface area contributed by atoms with E-state index < -0.39 is 0 Å². The summed E-state index contributed by atoms with van der Waals surface area (Å²) in [7, 11) is 1.60. The number of amides is 1. The lowest BCUT2D eigenvalue weighted by atomic mass is 10.2. The summed E-state index contributed by atoms with van der Waals surface area (Å²) in [4.78, 5) is 49.9. The van der Waals surface area contributed by atoms with Gasteiger partial charge in [-0.05, 0) is 32.0 Å². The van der Waals surface area contributed by atoms with Crippen molar-refractivity contribution in [2.75, 3.05) is 38.1 Å². The third-order valence-corrected chi connectivity index (χ3v) is 6.69. The van der Waals surface area contributed by atoms with Gasteiger partial charge in [-0.15, -0.1) is 11.3 Å². The molecule has 0 aromatic carbocycles. The summed E-state index contributed by atoms with van der Waals surface area (Å²) in [5, 5.41) is 3.18. The van der Waals surface area contributed by atoms with Crippen molar-refractivity contribution in [3.63, 3.8) is 0 Å². The van der Waals surface area contributed by atoms with Gasteiger partial charge in [-0.25, -0.2) is 9.78 Å². The standard InChI is InChI=1S/C21H26N6O3S/c1-4-27-20(29)15-11-14(31-19(15)24-21(27)30)12-25-7-9-26(10-8-25)17-6-5-16(18(28)22-3)23-13(17)2/h5-6,11H,4,7-10,12H2,1-3H3,(H,22,28)(H,24,30). The lowest BCUT2D eigenvalue weighted by Gasteiger charge is -2.36. The van der Waals surface area contributed by atoms with Gasteiger partial charge in [0.25, 0.3) is 11.5 Å². The molecule has 0 unspecified atom stereocenters. The number of pyridine rings is 1. The van der Waals surface area contributed by atoms with Crippen LogP contribution in [0.3, 0.4) is 0 Å². The Labute approximate surface area is 183 Å². The number of carbonyl (C=O) groups is 1. The van der Waals surface area contributed by atoms with Crippen molar-refractivity contribution in [1.29, 1.82) is 0 Å². The summed E-state index contributed by atoms with van der Waals surface area (Å²) in [5.74, 6) is -0.185. The Hall–Kier alpha value is -2.98. The summed E-state index contributed by atoms with van der Waals surface area (Å²) in [5.41, 5.74) is 1.74. The van der Waals surface area contributed by atoms with E-state index in [0.29, 0.717) is 22.5 Å². The topological polar surface area (TPSA) is 103 Å². The zero-order valence-electron chi connectivity index (χ0n) is 17.9. The first-order valence-corrected chi connectivity index (χ1v) is 11.2. The highest BCUT2D eigenvalue weighted by Crippen LogP contribution is 2.24. The second kappa shape index (κ2) is 8.64. The van der Waals surface area contributed by atoms with Gasteiger partial charge in [0.2, 0.25) is 0 Å². The Kier molecular flexibility index (Phi) is 5.92. The first-order valence-electron chi connectivity index (χ1n) is 10.3. The Morgan fingerprint density at radius 3 is 2.61 bits per heavy atom. The Bertz CT molecular complexity index is 1240. The molecule has 3 aromatic rings. The fourth-order valence-electron chi connectivity index (χ4n) is 3.97. The molecule has 1 aliphatic rings. The van der Waals surface area contributed by atoms with Gasteiger partial charge in [0.05, 0.1) is 16.8 Å². The quantitative estimate of drug-likeness (QED) is 0.615. The molecule has 0 spiro atoms. The average Bonchev–Trinajstić information content (AvgIpc) is 3.16. The highest BCUT2D eigenvalue weighted by molar-refractivity contribution is 7.18. The van der Waals surface area contributed by atoms with Crippen molar-refractivity contribution in [3.8, 4) is 0 Å². The molecule has 0 saturated carbocycles. The van der Waals surface area contributed by atoms with Crippen LogP contribution in [0.4, 0.5) is 5.69 Å². The van der Waals surface area contributed by atoms with Gasteiger partial charge < -0.3 is 10.2 Å². The van der Waals surface area contributed by atoms with E-state index >= 15 is 0 Å². The molecule has 10 heteroatoms. The van der Waals surface area contributed by atoms with E-state index in [1.54, 1.807) is 20.0 Å². The number of rotatable bonds is 5. The van der Waals surface area contributed by atoms with E-state index in [0.717, 1.165) is 49.0 Å². The van der Waals surface area contributed by atoms with Crippen LogP contribution < -0.4 is 21.5 Å². The number of H-pyrrole nitrogens is 1. The van der Waals surface area contributed by atoms with Crippen LogP contribution in [-0.2, 0) is 13.1 Å². The van der Waals surface area contributed by atoms with E-state index in [-0.39, 0.29) is 17.2 Å². The molecule has 0 aliphatic carbocycles. The number of carbonyl (C=O) groups excluding carboxylic acids is 1. The van der Waals surface area contributed by atoms with Gasteiger partial charge in [-0.3, -0.25) is 24.0 Å². The number of hydrogen-bond acceptors (Lipinski definition) is 7. The van der Waals surface area contributed by atoms with Crippen LogP contribution in [-0.4, -0.2) is 58.6 Å². The molecule has 2 N–H and O–H groups in total. The SMILES string of the molecule is CCn1c(=O)[nH]c2sc(CN3CCN(c4ccc(C(=O)NC)nc4C)CC3)cc2c1=O. The number of thiophene rings is 1. The van der Waals surface area contributed by atoms with E-state index in [2.05, 4.69) is 25.1 Å². The van der Waals surface area contributed by atoms with Gasteiger partial charge >= 0.3 is 5.69 Å². The number of aromatic nitrogens is 3. The summed E-state index contributed by atoms with van der Waals surface area (Å²) in [6.45, 7) is 8.27. The minimum absolute atomic E-state index is 0.185. The lowest BCUT2D eigenvalue weighted by molar-refractivity contribution is 0.0958. The van der Waals surface area contributed by atoms with Gasteiger partial charge in [-0.1, -0.05) is 0 Å². The molecular formula is C21H26N6O3S. The Morgan fingerprint density at radius 1 is 1.23 bits per heavy atom. The molecule has 0 bridgehead atoms. The molecule has 9 nitrogen and oxygen atoms in total. The van der Waals surface area contributed by atoms with Crippen LogP contribution >= 0.6 is 11.3 Å². The second-order valence-corrected chi connectivity index (χ2v) is 8.72. The van der Waals surface area contributed by atoms with Crippen molar-refractivity contribution in [3.05, 3.63) is 55.3 Å². The maximum Gasteiger partial charge on any atom is 0.329 e. The van der Waals surface area contributed by atoms with Crippen LogP contribution in [0.25, 0.3) is 10.2 Å². The van der Waals surface area contributed by atoms with Crippen molar-refractivity contribution in [2.45, 2.75) is 26.9 Å². The predicted molar refractivity (Wildman–Crippen MR) is 122 cm³/mol. The lowest BCUT2D eigenvalue weighted by Crippen LogP contribution is -2.46. The number of aryl methyl sites for hydroxylation is 1. The number of nitrogens with one attached hydrogen (secondary N) is 2. The number of piperazine rings is 1. The summed E-state index contributed by atoms with van der Waals surface area (Å²) >= 11 is 1.47. The second-order valence-electron chi connectivity index (χ2n) is 7.58. The smallest absolute Gasteiger partial charge is 0.329 e. The first-order chi connectivity index (χ1) is 14.9. The summed E-state index contributed by atoms with van der Waals surface area (Å²) in [6.07, 6.45) is 0. The molecule has 1 fully saturated rings. The van der Waals surface area contributed by atoms with Gasteiger partial charge in [0.1, 0.15) is 10.5 Å². The molecule has 1 saturated heterocycles. The van der Waals surface area contributed by atoms with Gasteiger partial charge in [0, 0.05) is 51.2 Å². The molecule has 0 radical (unpaired) electrons. The molecule has 1 amide bonds. The van der Waals surface area contributed by atoms with E-state index in [1.807, 2.05) is 19.1 Å². The number of anilines is 1. The molecule has 4 heterocycles. The number of fused-ring (bicyclic) bond motifs is 1. The normalized spacial score (nSPS) is 14.9. The van der Waals surface area contributed by atoms with Crippen LogP contribution in [0.5, 0.6) is 0 Å². The highest BCUT2D eigenvalue weighted by atomic mass is 32.1. The van der Waals surface area contributed by atoms with Crippen molar-refractivity contribution in [2.24, 2.45) is 0 Å². The van der Waals surface area contributed by atoms with Crippen LogP contribution in [0.1, 0.15) is 28.0 Å². The molecule has 1 aliphatic heterocycles. The maximum absolute atomic E-state index is 12.5. The highest BCUT2D eigenvalue weighted by Gasteiger charge is 2.21. The van der Waals surface area contributed by atoms with Crippen LogP contribution in [0, 0.1) is 6.92 Å². The maximum atomic E-state index is 12.5. The Morgan fingerprint density at radius 2 is 1.97 bits per heavy atom. The monoisotopic (exact) mass is 442 g/mol. The fraction of sp³-hybridized carbons (Fsp3) is 0.429. The van der Waals surface area contributed by atoms with Gasteiger partial charge in [-0.2, -0.15) is 0 Å². The van der Waals surface area contributed by atoms with E-state index in [4.69, 9.17) is 0 Å². The van der Waals surface area contributed by atoms with E-state index in [9.17, 15) is 14.4 Å². The molecular weight excluding hydrogens is 416 g/mol. The molecule has 164 valence electrons. The zero-order valence-corrected chi connectivity index (χ0v) is 18.7. The largest absolute Gasteiger partial charge is 0.368 e. The molecule has 31 heavy (non-hydrogen) atoms. The predicted octanol–water partition coefficient (Wildman–Crippen LogP) is 1.16. The van der Waals surface area contributed by atoms with Crippen LogP contribution in [0.2, 0.25) is 0 Å². The molecule has 4 rings (SSSR count). The Balaban J connectivity index is 1.44. The minimum Gasteiger partial charge on any atom is -0.368 e. The summed E-state index contributed by atoms with van der Waals surface area (Å²) < 4.78 is 1.23. The fourth-order valence-corrected chi connectivity index (χ4v) is 5.05. The van der Waals surface area contributed by atoms with E-state index in [1.165, 1.54) is 15.9 Å². The number of hydrogen-bond donors (Lipinski definition) is 2. The van der Waals surface area contributed by atoms with Crippen molar-refractivity contribution >= 4 is 33.1 Å². The molecule has 3 aromatic heterocycles. The third-order valence-electron chi connectivity index (χ3n) is 5.65. The zero-order chi connectivity index (χ0) is 22.1. The third kappa shape index (κ3) is 4.13. The molecule has 0 atom stereocenters. The minimum atomic E-state index is -0.353.